The Hall–Kier alpha value is 0.100. The topological polar surface area (TPSA) is 29.5 Å². The highest BCUT2D eigenvalue weighted by molar-refractivity contribution is 9.10. The highest BCUT2D eigenvalue weighted by Gasteiger charge is 2.11. The van der Waals surface area contributed by atoms with Crippen molar-refractivity contribution < 1.29 is 9.84 Å². The number of halogens is 1. The van der Waals surface area contributed by atoms with Crippen molar-refractivity contribution in [2.45, 2.75) is 12.5 Å². The smallest absolute Gasteiger partial charge is 0.0831 e. The van der Waals surface area contributed by atoms with E-state index in [1.54, 1.807) is 18.4 Å². The maximum absolute atomic E-state index is 9.62. The number of aliphatic hydroxyl groups excluding tert-OH is 1. The van der Waals surface area contributed by atoms with Gasteiger partial charge in [0, 0.05) is 35.6 Å². The lowest BCUT2D eigenvalue weighted by molar-refractivity contribution is 0.110. The van der Waals surface area contributed by atoms with Crippen molar-refractivity contribution in [3.8, 4) is 0 Å². The number of methoxy groups -OCH3 is 1. The summed E-state index contributed by atoms with van der Waals surface area (Å²) in [4.78, 5) is 0. The molecule has 0 saturated carbocycles. The van der Waals surface area contributed by atoms with Gasteiger partial charge < -0.3 is 9.84 Å². The summed E-state index contributed by atoms with van der Waals surface area (Å²) < 4.78 is 5.86. The van der Waals surface area contributed by atoms with E-state index >= 15 is 0 Å². The van der Waals surface area contributed by atoms with Crippen LogP contribution in [-0.4, -0.2) is 18.8 Å². The molecular weight excluding hydrogens is 240 g/mol. The van der Waals surface area contributed by atoms with Crippen molar-refractivity contribution >= 4 is 27.3 Å². The zero-order valence-corrected chi connectivity index (χ0v) is 9.19. The van der Waals surface area contributed by atoms with Crippen LogP contribution in [-0.2, 0) is 4.74 Å². The molecule has 2 nitrogen and oxygen atoms in total. The Balaban J connectivity index is 2.52. The van der Waals surface area contributed by atoms with Crippen LogP contribution < -0.4 is 0 Å². The van der Waals surface area contributed by atoms with Crippen molar-refractivity contribution in [2.24, 2.45) is 0 Å². The van der Waals surface area contributed by atoms with Gasteiger partial charge in [0.05, 0.1) is 6.10 Å². The average molecular weight is 251 g/mol. The quantitative estimate of drug-likeness (QED) is 0.891. The first-order chi connectivity index (χ1) is 5.75. The summed E-state index contributed by atoms with van der Waals surface area (Å²) in [7, 11) is 1.63. The molecule has 4 heteroatoms. The van der Waals surface area contributed by atoms with Gasteiger partial charge in [0.2, 0.25) is 0 Å². The van der Waals surface area contributed by atoms with Gasteiger partial charge in [-0.05, 0) is 21.3 Å². The lowest BCUT2D eigenvalue weighted by Crippen LogP contribution is -2.00. The van der Waals surface area contributed by atoms with Gasteiger partial charge in [-0.15, -0.1) is 0 Å². The van der Waals surface area contributed by atoms with Gasteiger partial charge in [-0.25, -0.2) is 0 Å². The second-order valence-corrected chi connectivity index (χ2v) is 4.07. The average Bonchev–Trinajstić information content (AvgIpc) is 2.47. The molecule has 0 aliphatic carbocycles. The van der Waals surface area contributed by atoms with E-state index in [9.17, 15) is 5.11 Å². The molecule has 0 saturated heterocycles. The van der Waals surface area contributed by atoms with E-state index in [4.69, 9.17) is 4.74 Å². The minimum atomic E-state index is -0.412. The molecule has 0 amide bonds. The normalized spacial score (nSPS) is 13.2. The van der Waals surface area contributed by atoms with Gasteiger partial charge in [0.15, 0.2) is 0 Å². The van der Waals surface area contributed by atoms with E-state index in [1.807, 2.05) is 10.8 Å². The molecule has 1 aromatic heterocycles. The van der Waals surface area contributed by atoms with Crippen LogP contribution in [0.15, 0.2) is 15.2 Å². The van der Waals surface area contributed by atoms with Gasteiger partial charge >= 0.3 is 0 Å². The Bertz CT molecular complexity index is 237. The molecular formula is C8H11BrO2S. The molecule has 1 N–H and O–H groups in total. The molecule has 0 fully saturated rings. The Morgan fingerprint density at radius 1 is 1.67 bits per heavy atom. The van der Waals surface area contributed by atoms with Crippen LogP contribution >= 0.6 is 27.3 Å². The molecule has 1 unspecified atom stereocenters. The van der Waals surface area contributed by atoms with E-state index in [2.05, 4.69) is 15.9 Å². The predicted molar refractivity (Wildman–Crippen MR) is 53.5 cm³/mol. The highest BCUT2D eigenvalue weighted by Crippen LogP contribution is 2.28. The second kappa shape index (κ2) is 4.97. The van der Waals surface area contributed by atoms with Crippen LogP contribution in [0.5, 0.6) is 0 Å². The van der Waals surface area contributed by atoms with Gasteiger partial charge in [-0.3, -0.25) is 0 Å². The van der Waals surface area contributed by atoms with Crippen molar-refractivity contribution in [1.29, 1.82) is 0 Å². The molecule has 1 rings (SSSR count). The number of thiophene rings is 1. The summed E-state index contributed by atoms with van der Waals surface area (Å²) in [5, 5.41) is 13.5. The van der Waals surface area contributed by atoms with E-state index in [0.29, 0.717) is 13.0 Å². The van der Waals surface area contributed by atoms with E-state index in [1.165, 1.54) is 0 Å². The molecule has 1 heterocycles. The summed E-state index contributed by atoms with van der Waals surface area (Å²) in [5.74, 6) is 0. The van der Waals surface area contributed by atoms with Crippen molar-refractivity contribution in [3.05, 3.63) is 20.8 Å². The number of hydrogen-bond donors (Lipinski definition) is 1. The molecule has 0 bridgehead atoms. The first kappa shape index (κ1) is 10.2. The number of ether oxygens (including phenoxy) is 1. The standard InChI is InChI=1S/C8H11BrO2S/c1-11-3-2-8(10)6-4-12-5-7(6)9/h4-5,8,10H,2-3H2,1H3. The number of aliphatic hydroxyl groups is 1. The third kappa shape index (κ3) is 2.55. The van der Waals surface area contributed by atoms with E-state index in [-0.39, 0.29) is 0 Å². The summed E-state index contributed by atoms with van der Waals surface area (Å²) in [6, 6.07) is 0. The summed E-state index contributed by atoms with van der Waals surface area (Å²) in [6.45, 7) is 0.587. The predicted octanol–water partition coefficient (Wildman–Crippen LogP) is 2.58. The number of rotatable bonds is 4. The Morgan fingerprint density at radius 2 is 2.42 bits per heavy atom. The summed E-state index contributed by atoms with van der Waals surface area (Å²) in [6.07, 6.45) is 0.233. The molecule has 0 aliphatic heterocycles. The van der Waals surface area contributed by atoms with Gasteiger partial charge in [0.25, 0.3) is 0 Å². The molecule has 68 valence electrons. The fourth-order valence-corrected chi connectivity index (χ4v) is 2.52. The van der Waals surface area contributed by atoms with Gasteiger partial charge in [-0.1, -0.05) is 0 Å². The van der Waals surface area contributed by atoms with Crippen LogP contribution in [0.2, 0.25) is 0 Å². The SMILES string of the molecule is COCCC(O)c1cscc1Br. The van der Waals surface area contributed by atoms with Gasteiger partial charge in [-0.2, -0.15) is 11.3 Å². The largest absolute Gasteiger partial charge is 0.388 e. The first-order valence-corrected chi connectivity index (χ1v) is 5.38. The molecule has 1 aromatic rings. The fourth-order valence-electron chi connectivity index (χ4n) is 0.914. The van der Waals surface area contributed by atoms with Crippen molar-refractivity contribution in [3.63, 3.8) is 0 Å². The van der Waals surface area contributed by atoms with Crippen LogP contribution in [0.1, 0.15) is 18.1 Å². The maximum atomic E-state index is 9.62. The molecule has 0 aromatic carbocycles. The Morgan fingerprint density at radius 3 is 2.92 bits per heavy atom. The minimum Gasteiger partial charge on any atom is -0.388 e. The monoisotopic (exact) mass is 250 g/mol. The van der Waals surface area contributed by atoms with Crippen molar-refractivity contribution in [1.82, 2.24) is 0 Å². The fraction of sp³-hybridized carbons (Fsp3) is 0.500. The third-order valence-corrected chi connectivity index (χ3v) is 3.35. The zero-order chi connectivity index (χ0) is 8.97. The molecule has 12 heavy (non-hydrogen) atoms. The zero-order valence-electron chi connectivity index (χ0n) is 6.79. The van der Waals surface area contributed by atoms with Gasteiger partial charge in [0.1, 0.15) is 0 Å². The van der Waals surface area contributed by atoms with E-state index in [0.717, 1.165) is 10.0 Å². The lowest BCUT2D eigenvalue weighted by atomic mass is 10.1. The van der Waals surface area contributed by atoms with E-state index < -0.39 is 6.10 Å². The third-order valence-electron chi connectivity index (χ3n) is 1.60. The summed E-state index contributed by atoms with van der Waals surface area (Å²) in [5.41, 5.74) is 0.956. The maximum Gasteiger partial charge on any atom is 0.0831 e. The van der Waals surface area contributed by atoms with Crippen LogP contribution in [0.4, 0.5) is 0 Å². The Labute approximate surface area is 84.3 Å². The molecule has 0 radical (unpaired) electrons. The minimum absolute atomic E-state index is 0.412. The molecule has 0 spiro atoms. The second-order valence-electron chi connectivity index (χ2n) is 2.47. The first-order valence-electron chi connectivity index (χ1n) is 3.64. The highest BCUT2D eigenvalue weighted by atomic mass is 79.9. The van der Waals surface area contributed by atoms with Crippen LogP contribution in [0, 0.1) is 0 Å². The van der Waals surface area contributed by atoms with Crippen molar-refractivity contribution in [2.75, 3.05) is 13.7 Å². The molecule has 0 aliphatic rings. The number of hydrogen-bond acceptors (Lipinski definition) is 3. The lowest BCUT2D eigenvalue weighted by Gasteiger charge is -2.08. The van der Waals surface area contributed by atoms with Crippen LogP contribution in [0.3, 0.4) is 0 Å². The van der Waals surface area contributed by atoms with Crippen LogP contribution in [0.25, 0.3) is 0 Å². The molecule has 1 atom stereocenters. The summed E-state index contributed by atoms with van der Waals surface area (Å²) >= 11 is 4.95. The Kier molecular flexibility index (Phi) is 4.21.